The number of carbonyl (C=O) groups is 1. The Balaban J connectivity index is 1.63. The van der Waals surface area contributed by atoms with Gasteiger partial charge in [0, 0.05) is 24.6 Å². The molecule has 5 rings (SSSR count). The van der Waals surface area contributed by atoms with Gasteiger partial charge in [0.1, 0.15) is 10.7 Å². The van der Waals surface area contributed by atoms with E-state index in [4.69, 9.17) is 9.73 Å². The highest BCUT2D eigenvalue weighted by atomic mass is 32.2. The van der Waals surface area contributed by atoms with Crippen LogP contribution in [-0.2, 0) is 4.79 Å². The second kappa shape index (κ2) is 10.2. The first-order valence-corrected chi connectivity index (χ1v) is 13.4. The molecule has 37 heavy (non-hydrogen) atoms. The molecule has 1 amide bonds. The number of thioether (sulfide) groups is 2. The lowest BCUT2D eigenvalue weighted by molar-refractivity contribution is -0.113. The molecule has 1 saturated heterocycles. The Labute approximate surface area is 224 Å². The predicted molar refractivity (Wildman–Crippen MR) is 153 cm³/mol. The maximum absolute atomic E-state index is 14.0. The number of carbonyl (C=O) groups excluding carboxylic acids is 1. The van der Waals surface area contributed by atoms with Crippen LogP contribution in [-0.4, -0.2) is 31.8 Å². The number of methoxy groups -OCH3 is 1. The van der Waals surface area contributed by atoms with E-state index in [2.05, 4.69) is 11.4 Å². The zero-order chi connectivity index (χ0) is 26.1. The van der Waals surface area contributed by atoms with Crippen molar-refractivity contribution in [2.75, 3.05) is 35.8 Å². The molecule has 3 aromatic carbocycles. The van der Waals surface area contributed by atoms with Gasteiger partial charge in [-0.05, 0) is 68.1 Å². The molecule has 7 nitrogen and oxygen atoms in total. The summed E-state index contributed by atoms with van der Waals surface area (Å²) < 4.78 is 5.41. The van der Waals surface area contributed by atoms with Gasteiger partial charge in [0.05, 0.1) is 46.5 Å². The third-order valence-electron chi connectivity index (χ3n) is 6.02. The zero-order valence-electron chi connectivity index (χ0n) is 20.9. The fourth-order valence-electron chi connectivity index (χ4n) is 4.09. The normalized spacial score (nSPS) is 17.8. The highest BCUT2D eigenvalue weighted by molar-refractivity contribution is 8.20. The lowest BCUT2D eigenvalue weighted by Gasteiger charge is -2.17. The molecule has 0 aromatic heterocycles. The molecule has 0 saturated carbocycles. The Morgan fingerprint density at radius 3 is 2.57 bits per heavy atom. The average Bonchev–Trinajstić information content (AvgIpc) is 3.41. The van der Waals surface area contributed by atoms with Gasteiger partial charge in [-0.15, -0.1) is 0 Å². The van der Waals surface area contributed by atoms with Crippen LogP contribution < -0.4 is 19.9 Å². The molecule has 0 radical (unpaired) electrons. The molecule has 2 aliphatic rings. The Bertz CT molecular complexity index is 1490. The third-order valence-corrected chi connectivity index (χ3v) is 8.41. The van der Waals surface area contributed by atoms with Crippen molar-refractivity contribution >= 4 is 57.3 Å². The van der Waals surface area contributed by atoms with Gasteiger partial charge in [-0.3, -0.25) is 9.69 Å². The summed E-state index contributed by atoms with van der Waals surface area (Å²) in [4.78, 5) is 24.2. The van der Waals surface area contributed by atoms with Crippen molar-refractivity contribution in [3.63, 3.8) is 0 Å². The van der Waals surface area contributed by atoms with E-state index >= 15 is 0 Å². The van der Waals surface area contributed by atoms with Crippen molar-refractivity contribution in [3.05, 3.63) is 81.7 Å². The SMILES string of the molecule is CCNc1ccc(C#N)cc1N=C1S/C(=C2\Sc3ccc(OC)cc3N2C)C(=O)N1c1ccc(C)cc1. The molecular formula is C28H25N5O2S2. The van der Waals surface area contributed by atoms with Gasteiger partial charge in [-0.1, -0.05) is 29.5 Å². The predicted octanol–water partition coefficient (Wildman–Crippen LogP) is 6.49. The fourth-order valence-corrected chi connectivity index (χ4v) is 6.41. The van der Waals surface area contributed by atoms with Gasteiger partial charge in [0.15, 0.2) is 5.17 Å². The zero-order valence-corrected chi connectivity index (χ0v) is 22.5. The summed E-state index contributed by atoms with van der Waals surface area (Å²) in [5.41, 5.74) is 4.75. The molecule has 0 unspecified atom stereocenters. The number of aryl methyl sites for hydroxylation is 1. The molecule has 1 N–H and O–H groups in total. The Kier molecular flexibility index (Phi) is 6.87. The largest absolute Gasteiger partial charge is 0.497 e. The van der Waals surface area contributed by atoms with Crippen molar-refractivity contribution in [1.82, 2.24) is 0 Å². The van der Waals surface area contributed by atoms with E-state index < -0.39 is 0 Å². The van der Waals surface area contributed by atoms with E-state index in [0.29, 0.717) is 27.9 Å². The maximum Gasteiger partial charge on any atom is 0.274 e. The number of fused-ring (bicyclic) bond motifs is 1. The number of nitrogens with one attached hydrogen (secondary N) is 1. The van der Waals surface area contributed by atoms with Crippen LogP contribution in [0.15, 0.2) is 80.5 Å². The maximum atomic E-state index is 14.0. The number of amides is 1. The molecule has 0 atom stereocenters. The van der Waals surface area contributed by atoms with Crippen LogP contribution in [0.4, 0.5) is 22.7 Å². The standard InChI is InChI=1S/C28H25N5O2S2/c1-5-30-21-12-8-18(16-29)14-22(21)31-28-33(19-9-6-17(2)7-10-19)26(34)25(37-28)27-32(3)23-15-20(35-4)11-13-24(23)36-27/h6-15,30H,5H2,1-4H3/b27-25-,31-28?. The van der Waals surface area contributed by atoms with Crippen LogP contribution in [0.5, 0.6) is 5.75 Å². The number of benzene rings is 3. The van der Waals surface area contributed by atoms with Crippen molar-refractivity contribution in [1.29, 1.82) is 5.26 Å². The molecule has 3 aromatic rings. The number of nitrogens with zero attached hydrogens (tertiary/aromatic N) is 4. The molecule has 2 aliphatic heterocycles. The van der Waals surface area contributed by atoms with Crippen molar-refractivity contribution in [2.24, 2.45) is 4.99 Å². The van der Waals surface area contributed by atoms with E-state index in [1.807, 2.05) is 74.3 Å². The van der Waals surface area contributed by atoms with Crippen molar-refractivity contribution < 1.29 is 9.53 Å². The number of anilines is 3. The first-order valence-electron chi connectivity index (χ1n) is 11.7. The van der Waals surface area contributed by atoms with Crippen LogP contribution in [0.2, 0.25) is 0 Å². The number of rotatable bonds is 5. The summed E-state index contributed by atoms with van der Waals surface area (Å²) in [7, 11) is 3.60. The molecule has 0 aliphatic carbocycles. The molecule has 0 bridgehead atoms. The van der Waals surface area contributed by atoms with E-state index in [1.165, 1.54) is 11.8 Å². The Hall–Kier alpha value is -3.87. The van der Waals surface area contributed by atoms with E-state index in [0.717, 1.165) is 38.3 Å². The highest BCUT2D eigenvalue weighted by Crippen LogP contribution is 2.51. The molecule has 9 heteroatoms. The lowest BCUT2D eigenvalue weighted by Crippen LogP contribution is -2.29. The molecule has 186 valence electrons. The number of ether oxygens (including phenoxy) is 1. The molecule has 0 spiro atoms. The number of nitriles is 1. The summed E-state index contributed by atoms with van der Waals surface area (Å²) in [5.74, 6) is 0.628. The van der Waals surface area contributed by atoms with Gasteiger partial charge in [-0.2, -0.15) is 5.26 Å². The molecule has 1 fully saturated rings. The number of hydrogen-bond acceptors (Lipinski definition) is 8. The van der Waals surface area contributed by atoms with Crippen molar-refractivity contribution in [3.8, 4) is 11.8 Å². The summed E-state index contributed by atoms with van der Waals surface area (Å²) in [6.45, 7) is 4.72. The molecular weight excluding hydrogens is 502 g/mol. The third kappa shape index (κ3) is 4.66. The Morgan fingerprint density at radius 2 is 1.86 bits per heavy atom. The van der Waals surface area contributed by atoms with E-state index in [9.17, 15) is 10.1 Å². The van der Waals surface area contributed by atoms with Crippen LogP contribution in [0.25, 0.3) is 0 Å². The lowest BCUT2D eigenvalue weighted by atomic mass is 10.2. The number of aliphatic imine (C=N–C) groups is 1. The van der Waals surface area contributed by atoms with E-state index in [1.54, 1.807) is 35.9 Å². The van der Waals surface area contributed by atoms with Gasteiger partial charge in [-0.25, -0.2) is 4.99 Å². The van der Waals surface area contributed by atoms with Crippen LogP contribution in [0.3, 0.4) is 0 Å². The van der Waals surface area contributed by atoms with Gasteiger partial charge < -0.3 is 15.0 Å². The van der Waals surface area contributed by atoms with Gasteiger partial charge in [0.2, 0.25) is 0 Å². The number of amidine groups is 1. The minimum Gasteiger partial charge on any atom is -0.497 e. The average molecular weight is 528 g/mol. The second-order valence-corrected chi connectivity index (χ2v) is 10.5. The first kappa shape index (κ1) is 24.8. The smallest absolute Gasteiger partial charge is 0.274 e. The fraction of sp³-hybridized carbons (Fsp3) is 0.179. The first-order chi connectivity index (χ1) is 17.9. The van der Waals surface area contributed by atoms with Crippen molar-refractivity contribution in [2.45, 2.75) is 18.7 Å². The summed E-state index contributed by atoms with van der Waals surface area (Å²) in [5, 5.41) is 14.2. The topological polar surface area (TPSA) is 81.0 Å². The van der Waals surface area contributed by atoms with Crippen LogP contribution in [0.1, 0.15) is 18.1 Å². The van der Waals surface area contributed by atoms with Gasteiger partial charge >= 0.3 is 0 Å². The van der Waals surface area contributed by atoms with Gasteiger partial charge in [0.25, 0.3) is 5.91 Å². The molecule has 2 heterocycles. The van der Waals surface area contributed by atoms with E-state index in [-0.39, 0.29) is 5.91 Å². The van der Waals surface area contributed by atoms with Crippen LogP contribution >= 0.6 is 23.5 Å². The minimum absolute atomic E-state index is 0.136. The quantitative estimate of drug-likeness (QED) is 0.380. The monoisotopic (exact) mass is 527 g/mol. The second-order valence-electron chi connectivity index (χ2n) is 8.48. The van der Waals surface area contributed by atoms with Crippen LogP contribution in [0, 0.1) is 18.3 Å². The minimum atomic E-state index is -0.136. The summed E-state index contributed by atoms with van der Waals surface area (Å²) in [6, 6.07) is 21.3. The summed E-state index contributed by atoms with van der Waals surface area (Å²) in [6.07, 6.45) is 0. The Morgan fingerprint density at radius 1 is 1.08 bits per heavy atom. The summed E-state index contributed by atoms with van der Waals surface area (Å²) >= 11 is 2.91. The highest BCUT2D eigenvalue weighted by Gasteiger charge is 2.40. The number of hydrogen-bond donors (Lipinski definition) is 1.